The van der Waals surface area contributed by atoms with E-state index < -0.39 is 35.3 Å². The van der Waals surface area contributed by atoms with Crippen molar-refractivity contribution in [3.05, 3.63) is 11.6 Å². The van der Waals surface area contributed by atoms with E-state index in [-0.39, 0.29) is 29.8 Å². The van der Waals surface area contributed by atoms with Crippen LogP contribution in [0.3, 0.4) is 0 Å². The van der Waals surface area contributed by atoms with Crippen LogP contribution in [-0.2, 0) is 9.53 Å². The van der Waals surface area contributed by atoms with E-state index in [1.54, 1.807) is 6.08 Å². The number of hydrogen-bond acceptors (Lipinski definition) is 6. The lowest BCUT2D eigenvalue weighted by atomic mass is 9.46. The highest BCUT2D eigenvalue weighted by atomic mass is 16.6. The quantitative estimate of drug-likeness (QED) is 0.313. The summed E-state index contributed by atoms with van der Waals surface area (Å²) in [6.07, 6.45) is 8.81. The zero-order chi connectivity index (χ0) is 21.2. The van der Waals surface area contributed by atoms with Gasteiger partial charge in [0.25, 0.3) is 0 Å². The van der Waals surface area contributed by atoms with Crippen LogP contribution in [0.15, 0.2) is 11.6 Å². The van der Waals surface area contributed by atoms with Crippen molar-refractivity contribution in [2.45, 2.75) is 76.3 Å². The van der Waals surface area contributed by atoms with Gasteiger partial charge in [0.1, 0.15) is 17.8 Å². The topological polar surface area (TPSA) is 107 Å². The maximum Gasteiger partial charge on any atom is 0.303 e. The van der Waals surface area contributed by atoms with Gasteiger partial charge in [-0.1, -0.05) is 18.9 Å². The molecular weight excluding hydrogens is 372 g/mol. The van der Waals surface area contributed by atoms with Crippen LogP contribution in [0, 0.1) is 40.9 Å². The molecule has 4 rings (SSSR count). The molecular formula is C23H32O6. The Morgan fingerprint density at radius 1 is 1.24 bits per heavy atom. The fraction of sp³-hybridized carbons (Fsp3) is 0.783. The van der Waals surface area contributed by atoms with Gasteiger partial charge in [-0.05, 0) is 67.3 Å². The van der Waals surface area contributed by atoms with Crippen molar-refractivity contribution in [3.8, 4) is 12.3 Å². The standard InChI is InChI=1S/C23H32O6/c1-4-23(28)10-6-15-19-14(5-9-22(15,23)12-24)21(3)8-7-18(29-13(2)25)20(27)16(21)11-17(19)26/h1,11,14-15,17-20,24,26-28H,5-10,12H2,2-3H3/t14-,15-,17+,18-,19+,20-,21+,22+,23-/m0/s1. The molecule has 0 radical (unpaired) electrons. The molecule has 0 aliphatic heterocycles. The second-order valence-electron chi connectivity index (χ2n) is 9.85. The smallest absolute Gasteiger partial charge is 0.303 e. The molecule has 4 aliphatic rings. The zero-order valence-electron chi connectivity index (χ0n) is 17.2. The van der Waals surface area contributed by atoms with Crippen LogP contribution >= 0.6 is 0 Å². The lowest BCUT2D eigenvalue weighted by molar-refractivity contribution is -0.165. The number of carbonyl (C=O) groups excluding carboxylic acids is 1. The van der Waals surface area contributed by atoms with Gasteiger partial charge < -0.3 is 25.2 Å². The molecule has 4 aliphatic carbocycles. The summed E-state index contributed by atoms with van der Waals surface area (Å²) in [6.45, 7) is 3.27. The Morgan fingerprint density at radius 3 is 2.55 bits per heavy atom. The first-order chi connectivity index (χ1) is 13.6. The molecule has 4 N–H and O–H groups in total. The van der Waals surface area contributed by atoms with Gasteiger partial charge in [-0.2, -0.15) is 0 Å². The van der Waals surface area contributed by atoms with E-state index >= 15 is 0 Å². The third-order valence-electron chi connectivity index (χ3n) is 8.86. The maximum atomic E-state index is 11.4. The number of hydrogen-bond donors (Lipinski definition) is 4. The van der Waals surface area contributed by atoms with Crippen molar-refractivity contribution in [2.75, 3.05) is 6.61 Å². The Hall–Kier alpha value is -1.39. The molecule has 29 heavy (non-hydrogen) atoms. The molecule has 0 bridgehead atoms. The van der Waals surface area contributed by atoms with E-state index in [0.717, 1.165) is 12.0 Å². The molecule has 9 atom stereocenters. The molecule has 0 aromatic carbocycles. The van der Waals surface area contributed by atoms with Crippen LogP contribution in [0.1, 0.15) is 52.4 Å². The number of carbonyl (C=O) groups is 1. The minimum absolute atomic E-state index is 0.0831. The molecule has 3 fully saturated rings. The number of fused-ring (bicyclic) bond motifs is 5. The summed E-state index contributed by atoms with van der Waals surface area (Å²) in [5.41, 5.74) is -1.71. The van der Waals surface area contributed by atoms with Crippen LogP contribution in [0.5, 0.6) is 0 Å². The molecule has 0 aromatic heterocycles. The van der Waals surface area contributed by atoms with E-state index in [1.807, 2.05) is 0 Å². The highest BCUT2D eigenvalue weighted by molar-refractivity contribution is 5.66. The highest BCUT2D eigenvalue weighted by Crippen LogP contribution is 2.67. The number of ether oxygens (including phenoxy) is 1. The monoisotopic (exact) mass is 404 g/mol. The predicted molar refractivity (Wildman–Crippen MR) is 105 cm³/mol. The van der Waals surface area contributed by atoms with E-state index in [0.29, 0.717) is 32.1 Å². The van der Waals surface area contributed by atoms with Gasteiger partial charge in [-0.3, -0.25) is 4.79 Å². The Bertz CT molecular complexity index is 770. The first-order valence-electron chi connectivity index (χ1n) is 10.7. The van der Waals surface area contributed by atoms with Crippen molar-refractivity contribution in [1.82, 2.24) is 0 Å². The zero-order valence-corrected chi connectivity index (χ0v) is 17.2. The third-order valence-corrected chi connectivity index (χ3v) is 8.86. The Morgan fingerprint density at radius 2 is 1.93 bits per heavy atom. The van der Waals surface area contributed by atoms with Crippen LogP contribution in [0.4, 0.5) is 0 Å². The number of aliphatic hydroxyl groups is 4. The SMILES string of the molecule is C#C[C@]1(O)CC[C@H]2[C@@H]3[C@H](O)C=C4[C@H](O)[C@@H](OC(C)=O)CC[C@]4(C)[C@H]3CC[C@@]21CO. The molecule has 0 amide bonds. The molecule has 0 spiro atoms. The van der Waals surface area contributed by atoms with Crippen molar-refractivity contribution in [2.24, 2.45) is 28.6 Å². The highest BCUT2D eigenvalue weighted by Gasteiger charge is 2.67. The van der Waals surface area contributed by atoms with Gasteiger partial charge >= 0.3 is 5.97 Å². The second kappa shape index (κ2) is 6.81. The molecule has 6 nitrogen and oxygen atoms in total. The van der Waals surface area contributed by atoms with Gasteiger partial charge in [0.15, 0.2) is 0 Å². The van der Waals surface area contributed by atoms with Crippen molar-refractivity contribution in [1.29, 1.82) is 0 Å². The fourth-order valence-corrected chi connectivity index (χ4v) is 7.40. The van der Waals surface area contributed by atoms with E-state index in [2.05, 4.69) is 12.8 Å². The van der Waals surface area contributed by atoms with Crippen molar-refractivity contribution in [3.63, 3.8) is 0 Å². The molecule has 160 valence electrons. The minimum Gasteiger partial charge on any atom is -0.459 e. The molecule has 0 saturated heterocycles. The number of terminal acetylenes is 1. The Kier molecular flexibility index (Phi) is 4.90. The minimum atomic E-state index is -1.35. The first-order valence-corrected chi connectivity index (χ1v) is 10.7. The van der Waals surface area contributed by atoms with Crippen LogP contribution in [0.25, 0.3) is 0 Å². The molecule has 6 heteroatoms. The normalized spacial score (nSPS) is 51.1. The van der Waals surface area contributed by atoms with E-state index in [9.17, 15) is 25.2 Å². The summed E-state index contributed by atoms with van der Waals surface area (Å²) >= 11 is 0. The van der Waals surface area contributed by atoms with Crippen molar-refractivity contribution < 1.29 is 30.0 Å². The molecule has 3 saturated carbocycles. The second-order valence-corrected chi connectivity index (χ2v) is 9.85. The first kappa shape index (κ1) is 20.9. The summed E-state index contributed by atoms with van der Waals surface area (Å²) in [5.74, 6) is 2.02. The largest absolute Gasteiger partial charge is 0.459 e. The van der Waals surface area contributed by atoms with Crippen LogP contribution < -0.4 is 0 Å². The average Bonchev–Trinajstić information content (AvgIpc) is 2.99. The summed E-state index contributed by atoms with van der Waals surface area (Å²) < 4.78 is 5.31. The molecule has 0 heterocycles. The molecule has 0 aromatic rings. The lowest BCUT2D eigenvalue weighted by Gasteiger charge is -2.60. The number of rotatable bonds is 2. The summed E-state index contributed by atoms with van der Waals surface area (Å²) in [5, 5.41) is 43.5. The van der Waals surface area contributed by atoms with Crippen LogP contribution in [-0.4, -0.2) is 56.9 Å². The predicted octanol–water partition coefficient (Wildman–Crippen LogP) is 1.16. The lowest BCUT2D eigenvalue weighted by Crippen LogP contribution is -2.61. The Labute approximate surface area is 172 Å². The number of esters is 1. The average molecular weight is 405 g/mol. The van der Waals surface area contributed by atoms with E-state index in [1.165, 1.54) is 6.92 Å². The van der Waals surface area contributed by atoms with Gasteiger partial charge in [-0.25, -0.2) is 0 Å². The van der Waals surface area contributed by atoms with E-state index in [4.69, 9.17) is 11.2 Å². The van der Waals surface area contributed by atoms with Crippen molar-refractivity contribution >= 4 is 5.97 Å². The summed E-state index contributed by atoms with van der Waals surface area (Å²) in [7, 11) is 0. The van der Waals surface area contributed by atoms with Crippen LogP contribution in [0.2, 0.25) is 0 Å². The molecule has 0 unspecified atom stereocenters. The van der Waals surface area contributed by atoms with Gasteiger partial charge in [0.05, 0.1) is 12.7 Å². The third kappa shape index (κ3) is 2.68. The Balaban J connectivity index is 1.72. The van der Waals surface area contributed by atoms with Gasteiger partial charge in [-0.15, -0.1) is 6.42 Å². The maximum absolute atomic E-state index is 11.4. The number of aliphatic hydroxyl groups excluding tert-OH is 3. The van der Waals surface area contributed by atoms with Gasteiger partial charge in [0, 0.05) is 12.3 Å². The van der Waals surface area contributed by atoms with Gasteiger partial charge in [0.2, 0.25) is 0 Å². The summed E-state index contributed by atoms with van der Waals surface area (Å²) in [6, 6.07) is 0. The fourth-order valence-electron chi connectivity index (χ4n) is 7.40. The summed E-state index contributed by atoms with van der Waals surface area (Å²) in [4.78, 5) is 11.4.